The van der Waals surface area contributed by atoms with Crippen LogP contribution >= 0.6 is 11.8 Å². The average molecular weight is 476 g/mol. The number of benzene rings is 2. The van der Waals surface area contributed by atoms with Gasteiger partial charge >= 0.3 is 0 Å². The molecule has 2 heterocycles. The zero-order chi connectivity index (χ0) is 23.9. The second kappa shape index (κ2) is 11.2. The van der Waals surface area contributed by atoms with Gasteiger partial charge in [-0.25, -0.2) is 4.98 Å². The summed E-state index contributed by atoms with van der Waals surface area (Å²) >= 11 is 1.53. The first-order chi connectivity index (χ1) is 16.6. The molecule has 1 fully saturated rings. The van der Waals surface area contributed by atoms with Crippen molar-refractivity contribution in [2.75, 3.05) is 38.2 Å². The van der Waals surface area contributed by atoms with E-state index in [1.165, 1.54) is 11.8 Å². The average Bonchev–Trinajstić information content (AvgIpc) is 2.88. The monoisotopic (exact) mass is 475 g/mol. The van der Waals surface area contributed by atoms with Crippen LogP contribution in [0.1, 0.15) is 25.0 Å². The van der Waals surface area contributed by atoms with Crippen molar-refractivity contribution in [2.45, 2.75) is 36.3 Å². The van der Waals surface area contributed by atoms with Crippen molar-refractivity contribution >= 4 is 17.7 Å². The highest BCUT2D eigenvalue weighted by Crippen LogP contribution is 2.35. The Morgan fingerprint density at radius 1 is 1.09 bits per heavy atom. The summed E-state index contributed by atoms with van der Waals surface area (Å²) in [6.45, 7) is 8.57. The summed E-state index contributed by atoms with van der Waals surface area (Å²) in [5, 5.41) is 9.07. The fourth-order valence-corrected chi connectivity index (χ4v) is 4.57. The number of rotatable bonds is 8. The molecule has 2 aromatic carbocycles. The van der Waals surface area contributed by atoms with Gasteiger partial charge in [-0.2, -0.15) is 10.2 Å². The Morgan fingerprint density at radius 2 is 1.85 bits per heavy atom. The third kappa shape index (κ3) is 5.99. The van der Waals surface area contributed by atoms with Crippen molar-refractivity contribution < 1.29 is 9.47 Å². The van der Waals surface area contributed by atoms with Crippen LogP contribution in [0.4, 0.5) is 5.95 Å². The van der Waals surface area contributed by atoms with Crippen LogP contribution in [0.2, 0.25) is 0 Å². The Morgan fingerprint density at radius 3 is 2.53 bits per heavy atom. The predicted octanol–water partition coefficient (Wildman–Crippen LogP) is 4.62. The van der Waals surface area contributed by atoms with Crippen molar-refractivity contribution in [1.82, 2.24) is 14.9 Å². The van der Waals surface area contributed by atoms with Gasteiger partial charge in [0, 0.05) is 37.1 Å². The van der Waals surface area contributed by atoms with Gasteiger partial charge in [-0.3, -0.25) is 4.90 Å². The van der Waals surface area contributed by atoms with Crippen LogP contribution in [-0.2, 0) is 6.61 Å². The number of ether oxygens (including phenoxy) is 2. The van der Waals surface area contributed by atoms with Gasteiger partial charge in [0.05, 0.1) is 29.8 Å². The molecule has 0 radical (unpaired) electrons. The largest absolute Gasteiger partial charge is 0.497 e. The molecule has 1 aliphatic heterocycles. The molecule has 7 nitrogen and oxygen atoms in total. The van der Waals surface area contributed by atoms with Crippen LogP contribution in [0.25, 0.3) is 0 Å². The molecular formula is C26H29N5O2S. The highest BCUT2D eigenvalue weighted by atomic mass is 32.2. The van der Waals surface area contributed by atoms with E-state index in [1.54, 1.807) is 7.11 Å². The minimum absolute atomic E-state index is 0.371. The smallest absolute Gasteiger partial charge is 0.232 e. The first kappa shape index (κ1) is 23.9. The third-order valence-corrected chi connectivity index (χ3v) is 6.77. The second-order valence-corrected chi connectivity index (χ2v) is 9.45. The van der Waals surface area contributed by atoms with Gasteiger partial charge in [-0.05, 0) is 55.8 Å². The second-order valence-electron chi connectivity index (χ2n) is 8.33. The summed E-state index contributed by atoms with van der Waals surface area (Å²) in [6.07, 6.45) is 1.83. The number of hydrogen-bond acceptors (Lipinski definition) is 8. The van der Waals surface area contributed by atoms with Crippen molar-refractivity contribution in [3.63, 3.8) is 0 Å². The minimum atomic E-state index is 0.371. The first-order valence-electron chi connectivity index (χ1n) is 11.4. The molecule has 0 unspecified atom stereocenters. The van der Waals surface area contributed by atoms with Gasteiger partial charge in [-0.15, -0.1) is 0 Å². The highest BCUT2D eigenvalue weighted by molar-refractivity contribution is 7.99. The number of methoxy groups -OCH3 is 1. The van der Waals surface area contributed by atoms with E-state index in [2.05, 4.69) is 34.7 Å². The number of nitrogens with zero attached hydrogens (tertiary/aromatic N) is 5. The molecule has 0 bridgehead atoms. The molecule has 3 aromatic rings. The van der Waals surface area contributed by atoms with Crippen LogP contribution in [0.5, 0.6) is 11.6 Å². The van der Waals surface area contributed by atoms with Crippen LogP contribution in [0.3, 0.4) is 0 Å². The summed E-state index contributed by atoms with van der Waals surface area (Å²) in [5.41, 5.74) is 1.63. The summed E-state index contributed by atoms with van der Waals surface area (Å²) < 4.78 is 11.5. The fourth-order valence-electron chi connectivity index (χ4n) is 3.75. The van der Waals surface area contributed by atoms with Crippen LogP contribution in [-0.4, -0.2) is 54.2 Å². The number of aromatic nitrogens is 2. The maximum atomic E-state index is 9.07. The SMILES string of the molecule is COc1cccc(COc2nc(N3CCN(C(C)C)CC3)ncc2Sc2ccc(C#N)cc2)c1. The van der Waals surface area contributed by atoms with Gasteiger partial charge in [-0.1, -0.05) is 23.9 Å². The van der Waals surface area contributed by atoms with Gasteiger partial charge < -0.3 is 14.4 Å². The Hall–Kier alpha value is -3.28. The number of anilines is 1. The summed E-state index contributed by atoms with van der Waals surface area (Å²) in [4.78, 5) is 16.0. The van der Waals surface area contributed by atoms with E-state index >= 15 is 0 Å². The molecule has 4 rings (SSSR count). The van der Waals surface area contributed by atoms with Crippen LogP contribution < -0.4 is 14.4 Å². The molecule has 8 heteroatoms. The standard InChI is InChI=1S/C26H29N5O2S/c1-19(2)30-11-13-31(14-12-30)26-28-17-24(34-23-9-7-20(16-27)8-10-23)25(29-26)33-18-21-5-4-6-22(15-21)32-3/h4-10,15,17,19H,11-14,18H2,1-3H3. The van der Waals surface area contributed by atoms with E-state index in [1.807, 2.05) is 54.7 Å². The molecule has 0 spiro atoms. The molecule has 0 N–H and O–H groups in total. The Labute approximate surface area is 205 Å². The van der Waals surface area contributed by atoms with Gasteiger partial charge in [0.15, 0.2) is 0 Å². The van der Waals surface area contributed by atoms with Crippen molar-refractivity contribution in [3.05, 3.63) is 65.9 Å². The van der Waals surface area contributed by atoms with E-state index in [0.717, 1.165) is 47.3 Å². The van der Waals surface area contributed by atoms with Crippen LogP contribution in [0.15, 0.2) is 64.5 Å². The lowest BCUT2D eigenvalue weighted by Crippen LogP contribution is -2.49. The Balaban J connectivity index is 1.55. The molecule has 1 saturated heterocycles. The molecule has 34 heavy (non-hydrogen) atoms. The molecule has 176 valence electrons. The Bertz CT molecular complexity index is 1140. The maximum Gasteiger partial charge on any atom is 0.232 e. The van der Waals surface area contributed by atoms with Crippen molar-refractivity contribution in [2.24, 2.45) is 0 Å². The van der Waals surface area contributed by atoms with Gasteiger partial charge in [0.25, 0.3) is 0 Å². The summed E-state index contributed by atoms with van der Waals surface area (Å²) in [6, 6.07) is 18.0. The minimum Gasteiger partial charge on any atom is -0.497 e. The normalized spacial score (nSPS) is 14.1. The fraction of sp³-hybridized carbons (Fsp3) is 0.346. The quantitative estimate of drug-likeness (QED) is 0.467. The van der Waals surface area contributed by atoms with E-state index in [0.29, 0.717) is 30.0 Å². The van der Waals surface area contributed by atoms with E-state index < -0.39 is 0 Å². The molecular weight excluding hydrogens is 446 g/mol. The lowest BCUT2D eigenvalue weighted by molar-refractivity contribution is 0.208. The number of nitriles is 1. The zero-order valence-electron chi connectivity index (χ0n) is 19.8. The molecule has 1 aliphatic rings. The third-order valence-electron chi connectivity index (χ3n) is 5.76. The maximum absolute atomic E-state index is 9.07. The van der Waals surface area contributed by atoms with Gasteiger partial charge in [0.1, 0.15) is 12.4 Å². The molecule has 0 amide bonds. The Kier molecular flexibility index (Phi) is 7.88. The molecule has 0 saturated carbocycles. The van der Waals surface area contributed by atoms with Gasteiger partial charge in [0.2, 0.25) is 11.8 Å². The van der Waals surface area contributed by atoms with E-state index in [-0.39, 0.29) is 0 Å². The van der Waals surface area contributed by atoms with Crippen LogP contribution in [0, 0.1) is 11.3 Å². The molecule has 0 aliphatic carbocycles. The summed E-state index contributed by atoms with van der Waals surface area (Å²) in [5.74, 6) is 2.03. The lowest BCUT2D eigenvalue weighted by Gasteiger charge is -2.36. The lowest BCUT2D eigenvalue weighted by atomic mass is 10.2. The zero-order valence-corrected chi connectivity index (χ0v) is 20.6. The first-order valence-corrected chi connectivity index (χ1v) is 12.2. The highest BCUT2D eigenvalue weighted by Gasteiger charge is 2.22. The number of hydrogen-bond donors (Lipinski definition) is 0. The van der Waals surface area contributed by atoms with Crippen molar-refractivity contribution in [1.29, 1.82) is 5.26 Å². The number of piperazine rings is 1. The topological polar surface area (TPSA) is 74.5 Å². The van der Waals surface area contributed by atoms with E-state index in [9.17, 15) is 0 Å². The molecule has 0 atom stereocenters. The van der Waals surface area contributed by atoms with Crippen molar-refractivity contribution in [3.8, 4) is 17.7 Å². The van der Waals surface area contributed by atoms with E-state index in [4.69, 9.17) is 19.7 Å². The summed E-state index contributed by atoms with van der Waals surface area (Å²) in [7, 11) is 1.65. The predicted molar refractivity (Wildman–Crippen MR) is 134 cm³/mol. The molecule has 1 aromatic heterocycles.